The molecule has 2 rings (SSSR count). The Morgan fingerprint density at radius 1 is 1.33 bits per heavy atom. The summed E-state index contributed by atoms with van der Waals surface area (Å²) in [4.78, 5) is 15.5. The van der Waals surface area contributed by atoms with E-state index in [-0.39, 0.29) is 0 Å². The average Bonchev–Trinajstić information content (AvgIpc) is 2.82. The number of aldehydes is 1. The second-order valence-corrected chi connectivity index (χ2v) is 4.18. The molecule has 0 saturated carbocycles. The van der Waals surface area contributed by atoms with Gasteiger partial charge in [-0.1, -0.05) is 19.9 Å². The van der Waals surface area contributed by atoms with Crippen molar-refractivity contribution in [2.75, 3.05) is 0 Å². The highest BCUT2D eigenvalue weighted by Crippen LogP contribution is 2.23. The lowest BCUT2D eigenvalue weighted by Gasteiger charge is -2.03. The van der Waals surface area contributed by atoms with E-state index in [9.17, 15) is 4.79 Å². The van der Waals surface area contributed by atoms with Gasteiger partial charge in [0.15, 0.2) is 6.29 Å². The number of hydrogen-bond donors (Lipinski definition) is 0. The Balaban J connectivity index is 2.51. The van der Waals surface area contributed by atoms with E-state index in [0.29, 0.717) is 11.3 Å². The Hall–Kier alpha value is -1.97. The molecule has 0 N–H and O–H groups in total. The molecule has 18 heavy (non-hydrogen) atoms. The fraction of sp³-hybridized carbons (Fsp3) is 0.357. The molecule has 4 nitrogen and oxygen atoms in total. The lowest BCUT2D eigenvalue weighted by atomic mass is 10.1. The third-order valence-electron chi connectivity index (χ3n) is 2.87. The highest BCUT2D eigenvalue weighted by molar-refractivity contribution is 5.85. The minimum absolute atomic E-state index is 0.608. The summed E-state index contributed by atoms with van der Waals surface area (Å²) in [5.74, 6) is 0. The van der Waals surface area contributed by atoms with Gasteiger partial charge in [0.1, 0.15) is 5.69 Å². The molecule has 0 aromatic carbocycles. The SMILES string of the molecule is CCCn1cc(C=O)c(-c2ncccc2CC)n1. The Morgan fingerprint density at radius 3 is 2.83 bits per heavy atom. The molecule has 0 amide bonds. The van der Waals surface area contributed by atoms with Gasteiger partial charge < -0.3 is 0 Å². The van der Waals surface area contributed by atoms with Crippen LogP contribution in [0.2, 0.25) is 0 Å². The van der Waals surface area contributed by atoms with Gasteiger partial charge in [0, 0.05) is 18.9 Å². The fourth-order valence-corrected chi connectivity index (χ4v) is 1.99. The van der Waals surface area contributed by atoms with Crippen LogP contribution in [0, 0.1) is 0 Å². The summed E-state index contributed by atoms with van der Waals surface area (Å²) in [5, 5.41) is 4.47. The van der Waals surface area contributed by atoms with E-state index in [0.717, 1.165) is 36.9 Å². The van der Waals surface area contributed by atoms with Gasteiger partial charge in [0.05, 0.1) is 11.3 Å². The van der Waals surface area contributed by atoms with Gasteiger partial charge in [-0.2, -0.15) is 5.10 Å². The molecule has 0 aliphatic carbocycles. The van der Waals surface area contributed by atoms with Crippen molar-refractivity contribution in [3.8, 4) is 11.4 Å². The topological polar surface area (TPSA) is 47.8 Å². The molecule has 0 unspecified atom stereocenters. The largest absolute Gasteiger partial charge is 0.298 e. The van der Waals surface area contributed by atoms with Gasteiger partial charge >= 0.3 is 0 Å². The minimum atomic E-state index is 0.608. The Morgan fingerprint density at radius 2 is 2.17 bits per heavy atom. The lowest BCUT2D eigenvalue weighted by molar-refractivity contribution is 0.112. The zero-order chi connectivity index (χ0) is 13.0. The second-order valence-electron chi connectivity index (χ2n) is 4.18. The smallest absolute Gasteiger partial charge is 0.153 e. The monoisotopic (exact) mass is 243 g/mol. The number of pyridine rings is 1. The summed E-state index contributed by atoms with van der Waals surface area (Å²) in [6, 6.07) is 3.93. The number of hydrogen-bond acceptors (Lipinski definition) is 3. The first-order chi connectivity index (χ1) is 8.80. The standard InChI is InChI=1S/C14H17N3O/c1-3-8-17-9-12(10-18)14(16-17)13-11(4-2)6-5-7-15-13/h5-7,9-10H,3-4,8H2,1-2H3. The second kappa shape index (κ2) is 5.58. The van der Waals surface area contributed by atoms with Gasteiger partial charge in [-0.25, -0.2) is 0 Å². The van der Waals surface area contributed by atoms with E-state index in [1.807, 2.05) is 16.8 Å². The average molecular weight is 243 g/mol. The van der Waals surface area contributed by atoms with Crippen molar-refractivity contribution in [3.05, 3.63) is 35.7 Å². The highest BCUT2D eigenvalue weighted by Gasteiger charge is 2.14. The van der Waals surface area contributed by atoms with Crippen LogP contribution in [0.25, 0.3) is 11.4 Å². The van der Waals surface area contributed by atoms with Crippen molar-refractivity contribution < 1.29 is 4.79 Å². The molecule has 2 aromatic heterocycles. The van der Waals surface area contributed by atoms with Crippen LogP contribution in [0.1, 0.15) is 36.2 Å². The van der Waals surface area contributed by atoms with Crippen LogP contribution in [0.15, 0.2) is 24.5 Å². The molecule has 4 heteroatoms. The maximum absolute atomic E-state index is 11.1. The van der Waals surface area contributed by atoms with Crippen molar-refractivity contribution in [3.63, 3.8) is 0 Å². The zero-order valence-corrected chi connectivity index (χ0v) is 10.8. The molecule has 0 aliphatic rings. The third kappa shape index (κ3) is 2.32. The van der Waals surface area contributed by atoms with Gasteiger partial charge in [0.25, 0.3) is 0 Å². The van der Waals surface area contributed by atoms with Crippen LogP contribution >= 0.6 is 0 Å². The molecule has 0 radical (unpaired) electrons. The van der Waals surface area contributed by atoms with Crippen LogP contribution < -0.4 is 0 Å². The predicted molar refractivity (Wildman–Crippen MR) is 70.5 cm³/mol. The number of nitrogens with zero attached hydrogens (tertiary/aromatic N) is 3. The van der Waals surface area contributed by atoms with E-state index in [4.69, 9.17) is 0 Å². The normalized spacial score (nSPS) is 10.6. The molecule has 2 heterocycles. The van der Waals surface area contributed by atoms with E-state index in [1.54, 1.807) is 12.4 Å². The molecule has 0 spiro atoms. The highest BCUT2D eigenvalue weighted by atomic mass is 16.1. The molecular weight excluding hydrogens is 226 g/mol. The van der Waals surface area contributed by atoms with E-state index >= 15 is 0 Å². The third-order valence-corrected chi connectivity index (χ3v) is 2.87. The molecular formula is C14H17N3O. The summed E-state index contributed by atoms with van der Waals surface area (Å²) in [6.45, 7) is 4.97. The quantitative estimate of drug-likeness (QED) is 0.759. The molecule has 0 aliphatic heterocycles. The Kier molecular flexibility index (Phi) is 3.87. The fourth-order valence-electron chi connectivity index (χ4n) is 1.99. The van der Waals surface area contributed by atoms with Crippen LogP contribution in [0.4, 0.5) is 0 Å². The van der Waals surface area contributed by atoms with Crippen molar-refractivity contribution in [1.29, 1.82) is 0 Å². The molecule has 0 bridgehead atoms. The first kappa shape index (κ1) is 12.5. The molecule has 2 aromatic rings. The number of carbonyl (C=O) groups is 1. The van der Waals surface area contributed by atoms with E-state index in [2.05, 4.69) is 23.9 Å². The van der Waals surface area contributed by atoms with Crippen LogP contribution in [0.3, 0.4) is 0 Å². The number of aryl methyl sites for hydroxylation is 2. The first-order valence-electron chi connectivity index (χ1n) is 6.27. The van der Waals surface area contributed by atoms with Gasteiger partial charge in [-0.3, -0.25) is 14.5 Å². The predicted octanol–water partition coefficient (Wildman–Crippen LogP) is 2.73. The van der Waals surface area contributed by atoms with Gasteiger partial charge in [-0.15, -0.1) is 0 Å². The number of carbonyl (C=O) groups excluding carboxylic acids is 1. The summed E-state index contributed by atoms with van der Waals surface area (Å²) in [5.41, 5.74) is 3.23. The molecule has 0 saturated heterocycles. The van der Waals surface area contributed by atoms with Gasteiger partial charge in [0.2, 0.25) is 0 Å². The van der Waals surface area contributed by atoms with E-state index < -0.39 is 0 Å². The Bertz CT molecular complexity index is 546. The van der Waals surface area contributed by atoms with Crippen molar-refractivity contribution in [2.45, 2.75) is 33.2 Å². The molecule has 94 valence electrons. The van der Waals surface area contributed by atoms with Gasteiger partial charge in [-0.05, 0) is 24.5 Å². The summed E-state index contributed by atoms with van der Waals surface area (Å²) >= 11 is 0. The van der Waals surface area contributed by atoms with Crippen LogP contribution in [0.5, 0.6) is 0 Å². The lowest BCUT2D eigenvalue weighted by Crippen LogP contribution is -1.98. The summed E-state index contributed by atoms with van der Waals surface area (Å²) < 4.78 is 1.81. The van der Waals surface area contributed by atoms with Crippen molar-refractivity contribution in [1.82, 2.24) is 14.8 Å². The van der Waals surface area contributed by atoms with Crippen molar-refractivity contribution >= 4 is 6.29 Å². The maximum Gasteiger partial charge on any atom is 0.153 e. The molecule has 0 atom stereocenters. The zero-order valence-electron chi connectivity index (χ0n) is 10.8. The van der Waals surface area contributed by atoms with Crippen LogP contribution in [-0.4, -0.2) is 21.1 Å². The van der Waals surface area contributed by atoms with E-state index in [1.165, 1.54) is 0 Å². The number of rotatable bonds is 5. The molecule has 0 fully saturated rings. The first-order valence-corrected chi connectivity index (χ1v) is 6.27. The summed E-state index contributed by atoms with van der Waals surface area (Å²) in [7, 11) is 0. The summed E-state index contributed by atoms with van der Waals surface area (Å²) in [6.07, 6.45) is 6.24. The maximum atomic E-state index is 11.1. The Labute approximate surface area is 107 Å². The minimum Gasteiger partial charge on any atom is -0.298 e. The van der Waals surface area contributed by atoms with Crippen LogP contribution in [-0.2, 0) is 13.0 Å². The number of aromatic nitrogens is 3. The van der Waals surface area contributed by atoms with Crippen molar-refractivity contribution in [2.24, 2.45) is 0 Å².